The second-order valence-electron chi connectivity index (χ2n) is 8.62. The van der Waals surface area contributed by atoms with E-state index in [0.717, 1.165) is 17.2 Å². The van der Waals surface area contributed by atoms with Gasteiger partial charge in [0.1, 0.15) is 18.4 Å². The molecule has 0 radical (unpaired) electrons. The molecule has 4 aromatic carbocycles. The molecule has 0 unspecified atom stereocenters. The number of phenolic OH excluding ortho intramolecular Hbond substituents is 3. The Kier molecular flexibility index (Phi) is 8.58. The molecule has 0 aliphatic heterocycles. The second-order valence-corrected chi connectivity index (χ2v) is 8.62. The fraction of sp³-hybridized carbons (Fsp3) is 0.133. The van der Waals surface area contributed by atoms with E-state index in [2.05, 4.69) is 0 Å². The van der Waals surface area contributed by atoms with Crippen LogP contribution in [0, 0.1) is 0 Å². The van der Waals surface area contributed by atoms with Gasteiger partial charge >= 0.3 is 11.9 Å². The number of carbonyl (C=O) groups excluding carboxylic acids is 2. The first-order chi connectivity index (χ1) is 18.4. The van der Waals surface area contributed by atoms with Gasteiger partial charge in [0.2, 0.25) is 0 Å². The van der Waals surface area contributed by atoms with E-state index in [1.807, 2.05) is 60.7 Å². The zero-order chi connectivity index (χ0) is 26.9. The molecule has 4 aromatic rings. The number of phenols is 3. The van der Waals surface area contributed by atoms with Crippen LogP contribution < -0.4 is 0 Å². The summed E-state index contributed by atoms with van der Waals surface area (Å²) in [5.74, 6) is -2.21. The van der Waals surface area contributed by atoms with E-state index in [1.54, 1.807) is 12.1 Å². The molecule has 0 saturated carbocycles. The van der Waals surface area contributed by atoms with Crippen molar-refractivity contribution in [2.45, 2.75) is 25.6 Å². The normalized spacial score (nSPS) is 11.6. The SMILES string of the molecule is O=C(ON(Cc1ccccc1)[C@H](Cc1ccc(O)cc1)C(=O)OCc1ccccc1)c1ccc(O)c(O)c1. The lowest BCUT2D eigenvalue weighted by Gasteiger charge is -2.29. The summed E-state index contributed by atoms with van der Waals surface area (Å²) in [7, 11) is 0. The van der Waals surface area contributed by atoms with Gasteiger partial charge in [-0.25, -0.2) is 4.79 Å². The van der Waals surface area contributed by atoms with E-state index in [1.165, 1.54) is 29.3 Å². The van der Waals surface area contributed by atoms with Crippen LogP contribution in [0.1, 0.15) is 27.0 Å². The molecule has 38 heavy (non-hydrogen) atoms. The maximum absolute atomic E-state index is 13.5. The van der Waals surface area contributed by atoms with Crippen LogP contribution in [-0.4, -0.2) is 38.4 Å². The lowest BCUT2D eigenvalue weighted by Crippen LogP contribution is -2.44. The van der Waals surface area contributed by atoms with Gasteiger partial charge in [-0.2, -0.15) is 0 Å². The molecule has 8 heteroatoms. The molecule has 194 valence electrons. The smallest absolute Gasteiger partial charge is 0.357 e. The van der Waals surface area contributed by atoms with E-state index in [-0.39, 0.29) is 36.6 Å². The number of nitrogens with zero attached hydrogens (tertiary/aromatic N) is 1. The molecule has 0 aliphatic carbocycles. The van der Waals surface area contributed by atoms with Gasteiger partial charge in [-0.1, -0.05) is 72.8 Å². The van der Waals surface area contributed by atoms with Crippen molar-refractivity contribution in [1.82, 2.24) is 5.06 Å². The lowest BCUT2D eigenvalue weighted by atomic mass is 10.0. The molecule has 4 rings (SSSR count). The maximum Gasteiger partial charge on any atom is 0.357 e. The average Bonchev–Trinajstić information content (AvgIpc) is 2.93. The highest BCUT2D eigenvalue weighted by Crippen LogP contribution is 2.26. The molecule has 0 heterocycles. The van der Waals surface area contributed by atoms with Crippen molar-refractivity contribution in [2.75, 3.05) is 0 Å². The number of hydrogen-bond acceptors (Lipinski definition) is 8. The summed E-state index contributed by atoms with van der Waals surface area (Å²) in [6, 6.07) is 27.3. The molecular weight excluding hydrogens is 486 g/mol. The highest BCUT2D eigenvalue weighted by molar-refractivity contribution is 5.90. The average molecular weight is 514 g/mol. The molecule has 0 fully saturated rings. The Hall–Kier alpha value is -4.82. The fourth-order valence-corrected chi connectivity index (χ4v) is 3.76. The summed E-state index contributed by atoms with van der Waals surface area (Å²) < 4.78 is 5.63. The fourth-order valence-electron chi connectivity index (χ4n) is 3.76. The summed E-state index contributed by atoms with van der Waals surface area (Å²) in [5.41, 5.74) is 2.27. The molecule has 0 aliphatic rings. The number of hydrogen-bond donors (Lipinski definition) is 3. The molecule has 0 spiro atoms. The number of aromatic hydroxyl groups is 3. The predicted octanol–water partition coefficient (Wildman–Crippen LogP) is 4.73. The topological polar surface area (TPSA) is 117 Å². The zero-order valence-electron chi connectivity index (χ0n) is 20.4. The van der Waals surface area contributed by atoms with Crippen LogP contribution >= 0.6 is 0 Å². The van der Waals surface area contributed by atoms with Gasteiger partial charge in [-0.05, 0) is 47.0 Å². The van der Waals surface area contributed by atoms with Crippen LogP contribution in [0.3, 0.4) is 0 Å². The first-order valence-corrected chi connectivity index (χ1v) is 11.9. The Morgan fingerprint density at radius 3 is 1.97 bits per heavy atom. The minimum absolute atomic E-state index is 0.0144. The van der Waals surface area contributed by atoms with Crippen LogP contribution in [-0.2, 0) is 33.9 Å². The summed E-state index contributed by atoms with van der Waals surface area (Å²) in [6.45, 7) is 0.102. The van der Waals surface area contributed by atoms with Crippen molar-refractivity contribution in [2.24, 2.45) is 0 Å². The van der Waals surface area contributed by atoms with Crippen LogP contribution in [0.25, 0.3) is 0 Å². The number of carbonyl (C=O) groups is 2. The van der Waals surface area contributed by atoms with Crippen molar-refractivity contribution in [3.63, 3.8) is 0 Å². The maximum atomic E-state index is 13.5. The van der Waals surface area contributed by atoms with Gasteiger partial charge in [0, 0.05) is 6.42 Å². The van der Waals surface area contributed by atoms with Crippen LogP contribution in [0.15, 0.2) is 103 Å². The Bertz CT molecular complexity index is 1360. The quantitative estimate of drug-likeness (QED) is 0.158. The second kappa shape index (κ2) is 12.4. The predicted molar refractivity (Wildman–Crippen MR) is 139 cm³/mol. The molecule has 3 N–H and O–H groups in total. The van der Waals surface area contributed by atoms with Gasteiger partial charge in [-0.3, -0.25) is 4.79 Å². The molecule has 0 bridgehead atoms. The van der Waals surface area contributed by atoms with E-state index >= 15 is 0 Å². The third-order valence-electron chi connectivity index (χ3n) is 5.80. The first-order valence-electron chi connectivity index (χ1n) is 11.9. The highest BCUT2D eigenvalue weighted by Gasteiger charge is 2.32. The van der Waals surface area contributed by atoms with Crippen molar-refractivity contribution < 1.29 is 34.5 Å². The van der Waals surface area contributed by atoms with Gasteiger partial charge < -0.3 is 24.9 Å². The van der Waals surface area contributed by atoms with Crippen LogP contribution in [0.4, 0.5) is 0 Å². The standard InChI is InChI=1S/C30H27NO7/c32-25-14-11-21(12-15-25)17-26(30(36)37-20-23-9-5-2-6-10-23)31(19-22-7-3-1-4-8-22)38-29(35)24-13-16-27(33)28(34)18-24/h1-16,18,26,32-34H,17,19-20H2/t26-/m1/s1. The highest BCUT2D eigenvalue weighted by atomic mass is 16.7. The van der Waals surface area contributed by atoms with Gasteiger partial charge in [0.05, 0.1) is 12.1 Å². The van der Waals surface area contributed by atoms with Crippen molar-refractivity contribution in [1.29, 1.82) is 0 Å². The van der Waals surface area contributed by atoms with E-state index < -0.39 is 23.7 Å². The Morgan fingerprint density at radius 2 is 1.34 bits per heavy atom. The molecule has 8 nitrogen and oxygen atoms in total. The summed E-state index contributed by atoms with van der Waals surface area (Å²) in [5, 5.41) is 30.4. The molecule has 0 saturated heterocycles. The molecule has 0 aromatic heterocycles. The largest absolute Gasteiger partial charge is 0.508 e. The molecule has 1 atom stereocenters. The van der Waals surface area contributed by atoms with Crippen molar-refractivity contribution in [3.05, 3.63) is 125 Å². The van der Waals surface area contributed by atoms with E-state index in [9.17, 15) is 24.9 Å². The summed E-state index contributed by atoms with van der Waals surface area (Å²) >= 11 is 0. The first kappa shape index (κ1) is 26.2. The number of ether oxygens (including phenoxy) is 1. The zero-order valence-corrected chi connectivity index (χ0v) is 20.4. The Balaban J connectivity index is 1.64. The van der Waals surface area contributed by atoms with Crippen LogP contribution in [0.2, 0.25) is 0 Å². The molecular formula is C30H27NO7. The minimum atomic E-state index is -1.04. The van der Waals surface area contributed by atoms with Crippen molar-refractivity contribution in [3.8, 4) is 17.2 Å². The van der Waals surface area contributed by atoms with Gasteiger partial charge in [0.25, 0.3) is 0 Å². The molecule has 0 amide bonds. The summed E-state index contributed by atoms with van der Waals surface area (Å²) in [4.78, 5) is 32.2. The minimum Gasteiger partial charge on any atom is -0.508 e. The van der Waals surface area contributed by atoms with Crippen LogP contribution in [0.5, 0.6) is 17.2 Å². The Labute approximate surface area is 219 Å². The summed E-state index contributed by atoms with van der Waals surface area (Å²) in [6.07, 6.45) is 0.120. The third-order valence-corrected chi connectivity index (χ3v) is 5.80. The Morgan fingerprint density at radius 1 is 0.711 bits per heavy atom. The van der Waals surface area contributed by atoms with Gasteiger partial charge in [0.15, 0.2) is 11.5 Å². The van der Waals surface area contributed by atoms with Gasteiger partial charge in [-0.15, -0.1) is 5.06 Å². The number of esters is 1. The number of benzene rings is 4. The van der Waals surface area contributed by atoms with E-state index in [0.29, 0.717) is 5.56 Å². The van der Waals surface area contributed by atoms with E-state index in [4.69, 9.17) is 9.57 Å². The number of hydroxylamine groups is 2. The number of rotatable bonds is 10. The monoisotopic (exact) mass is 513 g/mol. The third kappa shape index (κ3) is 7.11. The lowest BCUT2D eigenvalue weighted by molar-refractivity contribution is -0.181. The van der Waals surface area contributed by atoms with Crippen molar-refractivity contribution >= 4 is 11.9 Å².